The molecule has 3 rings (SSSR count). The molecule has 0 unspecified atom stereocenters. The number of carbonyl (C=O) groups is 1. The van der Waals surface area contributed by atoms with E-state index >= 15 is 0 Å². The van der Waals surface area contributed by atoms with Crippen LogP contribution in [0.3, 0.4) is 0 Å². The molecule has 0 fully saturated rings. The van der Waals surface area contributed by atoms with Crippen molar-refractivity contribution < 1.29 is 9.53 Å². The van der Waals surface area contributed by atoms with Crippen molar-refractivity contribution in [3.63, 3.8) is 0 Å². The topological polar surface area (TPSA) is 60.3 Å². The summed E-state index contributed by atoms with van der Waals surface area (Å²) in [6.45, 7) is 2.32. The molecule has 5 nitrogen and oxygen atoms in total. The molecule has 0 spiro atoms. The van der Waals surface area contributed by atoms with E-state index in [0.29, 0.717) is 23.7 Å². The average molecular weight is 348 g/mol. The summed E-state index contributed by atoms with van der Waals surface area (Å²) in [7, 11) is 0. The lowest BCUT2D eigenvalue weighted by Crippen LogP contribution is -2.21. The van der Waals surface area contributed by atoms with E-state index in [9.17, 15) is 9.59 Å². The summed E-state index contributed by atoms with van der Waals surface area (Å²) in [6, 6.07) is 19.9. The molecule has 0 aliphatic heterocycles. The number of para-hydroxylation sites is 2. The fourth-order valence-corrected chi connectivity index (χ4v) is 2.54. The van der Waals surface area contributed by atoms with Crippen LogP contribution in [-0.2, 0) is 11.3 Å². The first-order chi connectivity index (χ1) is 12.6. The zero-order valence-corrected chi connectivity index (χ0v) is 14.5. The highest BCUT2D eigenvalue weighted by Gasteiger charge is 2.09. The van der Waals surface area contributed by atoms with E-state index in [1.165, 1.54) is 10.6 Å². The highest BCUT2D eigenvalue weighted by atomic mass is 16.5. The van der Waals surface area contributed by atoms with Crippen LogP contribution in [-0.4, -0.2) is 10.5 Å². The summed E-state index contributed by atoms with van der Waals surface area (Å²) in [6.07, 6.45) is 1.87. The van der Waals surface area contributed by atoms with Gasteiger partial charge >= 0.3 is 0 Å². The molecule has 26 heavy (non-hydrogen) atoms. The zero-order chi connectivity index (χ0) is 18.4. The lowest BCUT2D eigenvalue weighted by atomic mass is 10.2. The summed E-state index contributed by atoms with van der Waals surface area (Å²) >= 11 is 0. The standard InChI is InChI=1S/C21H20N2O3/c1-16-7-6-8-17(15-16)26-19-10-3-2-9-18(19)22-20(24)12-14-23-13-5-4-11-21(23)25/h2-11,13,15H,12,14H2,1H3,(H,22,24). The van der Waals surface area contributed by atoms with Crippen molar-refractivity contribution in [2.24, 2.45) is 0 Å². The second-order valence-corrected chi connectivity index (χ2v) is 5.95. The molecule has 1 aromatic heterocycles. The number of anilines is 1. The Labute approximate surface area is 151 Å². The Bertz CT molecular complexity index is 963. The van der Waals surface area contributed by atoms with Crippen LogP contribution in [0.25, 0.3) is 0 Å². The van der Waals surface area contributed by atoms with Crippen LogP contribution in [0.5, 0.6) is 11.5 Å². The SMILES string of the molecule is Cc1cccc(Oc2ccccc2NC(=O)CCn2ccccc2=O)c1. The van der Waals surface area contributed by atoms with Crippen molar-refractivity contribution in [3.8, 4) is 11.5 Å². The van der Waals surface area contributed by atoms with E-state index in [1.54, 1.807) is 30.5 Å². The Morgan fingerprint density at radius 2 is 1.85 bits per heavy atom. The van der Waals surface area contributed by atoms with Gasteiger partial charge < -0.3 is 14.6 Å². The number of hydrogen-bond acceptors (Lipinski definition) is 3. The number of amides is 1. The first-order valence-corrected chi connectivity index (χ1v) is 8.41. The van der Waals surface area contributed by atoms with Gasteiger partial charge in [-0.15, -0.1) is 0 Å². The summed E-state index contributed by atoms with van der Waals surface area (Å²) in [5, 5.41) is 2.86. The largest absolute Gasteiger partial charge is 0.455 e. The van der Waals surface area contributed by atoms with E-state index in [2.05, 4.69) is 5.32 Å². The Hall–Kier alpha value is -3.34. The van der Waals surface area contributed by atoms with Crippen LogP contribution in [0, 0.1) is 6.92 Å². The smallest absolute Gasteiger partial charge is 0.250 e. The molecule has 1 N–H and O–H groups in total. The molecule has 0 bridgehead atoms. The number of pyridine rings is 1. The molecule has 0 aliphatic rings. The molecule has 0 aliphatic carbocycles. The molecule has 5 heteroatoms. The van der Waals surface area contributed by atoms with E-state index in [-0.39, 0.29) is 17.9 Å². The van der Waals surface area contributed by atoms with Gasteiger partial charge in [-0.2, -0.15) is 0 Å². The molecular weight excluding hydrogens is 328 g/mol. The normalized spacial score (nSPS) is 10.3. The van der Waals surface area contributed by atoms with Crippen LogP contribution in [0.4, 0.5) is 5.69 Å². The number of hydrogen-bond donors (Lipinski definition) is 1. The molecule has 0 saturated carbocycles. The Kier molecular flexibility index (Phi) is 5.49. The molecule has 0 radical (unpaired) electrons. The second-order valence-electron chi connectivity index (χ2n) is 5.95. The molecule has 0 atom stereocenters. The number of ether oxygens (including phenoxy) is 1. The minimum atomic E-state index is -0.180. The highest BCUT2D eigenvalue weighted by molar-refractivity contribution is 5.92. The maximum Gasteiger partial charge on any atom is 0.250 e. The third kappa shape index (κ3) is 4.60. The summed E-state index contributed by atoms with van der Waals surface area (Å²) in [5.41, 5.74) is 1.57. The number of nitrogens with zero attached hydrogens (tertiary/aromatic N) is 1. The van der Waals surface area contributed by atoms with Crippen molar-refractivity contribution in [3.05, 3.63) is 88.8 Å². The first-order valence-electron chi connectivity index (χ1n) is 8.41. The monoisotopic (exact) mass is 348 g/mol. The van der Waals surface area contributed by atoms with Gasteiger partial charge in [-0.05, 0) is 42.8 Å². The van der Waals surface area contributed by atoms with E-state index < -0.39 is 0 Å². The third-order valence-corrected chi connectivity index (χ3v) is 3.86. The third-order valence-electron chi connectivity index (χ3n) is 3.86. The van der Waals surface area contributed by atoms with Crippen LogP contribution < -0.4 is 15.6 Å². The number of rotatable bonds is 6. The quantitative estimate of drug-likeness (QED) is 0.733. The molecule has 0 saturated heterocycles. The van der Waals surface area contributed by atoms with Gasteiger partial charge in [0.05, 0.1) is 5.69 Å². The number of nitrogens with one attached hydrogen (secondary N) is 1. The van der Waals surface area contributed by atoms with Gasteiger partial charge in [-0.3, -0.25) is 9.59 Å². The van der Waals surface area contributed by atoms with E-state index in [1.807, 2.05) is 43.3 Å². The fourth-order valence-electron chi connectivity index (χ4n) is 2.54. The summed E-state index contributed by atoms with van der Waals surface area (Å²) < 4.78 is 7.41. The maximum absolute atomic E-state index is 12.3. The van der Waals surface area contributed by atoms with Gasteiger partial charge in [0.25, 0.3) is 5.56 Å². The van der Waals surface area contributed by atoms with E-state index in [0.717, 1.165) is 5.56 Å². The molecule has 1 heterocycles. The Morgan fingerprint density at radius 3 is 2.65 bits per heavy atom. The Balaban J connectivity index is 1.67. The average Bonchev–Trinajstić information content (AvgIpc) is 2.63. The molecule has 2 aromatic carbocycles. The lowest BCUT2D eigenvalue weighted by Gasteiger charge is -2.13. The van der Waals surface area contributed by atoms with Gasteiger partial charge in [-0.1, -0.05) is 30.3 Å². The van der Waals surface area contributed by atoms with Crippen LogP contribution in [0.2, 0.25) is 0 Å². The van der Waals surface area contributed by atoms with Crippen molar-refractivity contribution in [2.45, 2.75) is 19.9 Å². The molecular formula is C21H20N2O3. The molecule has 132 valence electrons. The van der Waals surface area contributed by atoms with Gasteiger partial charge in [0, 0.05) is 25.2 Å². The second kappa shape index (κ2) is 8.16. The zero-order valence-electron chi connectivity index (χ0n) is 14.5. The van der Waals surface area contributed by atoms with Gasteiger partial charge in [-0.25, -0.2) is 0 Å². The minimum absolute atomic E-state index is 0.122. The van der Waals surface area contributed by atoms with Crippen molar-refractivity contribution in [1.82, 2.24) is 4.57 Å². The predicted molar refractivity (Wildman–Crippen MR) is 102 cm³/mol. The van der Waals surface area contributed by atoms with Crippen molar-refractivity contribution >= 4 is 11.6 Å². The minimum Gasteiger partial charge on any atom is -0.455 e. The first kappa shape index (κ1) is 17.5. The number of aryl methyl sites for hydroxylation is 2. The van der Waals surface area contributed by atoms with Crippen molar-refractivity contribution in [1.29, 1.82) is 0 Å². The van der Waals surface area contributed by atoms with Crippen LogP contribution >= 0.6 is 0 Å². The molecule has 3 aromatic rings. The lowest BCUT2D eigenvalue weighted by molar-refractivity contribution is -0.116. The van der Waals surface area contributed by atoms with Gasteiger partial charge in [0.2, 0.25) is 5.91 Å². The molecule has 1 amide bonds. The number of carbonyl (C=O) groups excluding carboxylic acids is 1. The Morgan fingerprint density at radius 1 is 1.04 bits per heavy atom. The number of aromatic nitrogens is 1. The van der Waals surface area contributed by atoms with Gasteiger partial charge in [0.1, 0.15) is 5.75 Å². The highest BCUT2D eigenvalue weighted by Crippen LogP contribution is 2.29. The van der Waals surface area contributed by atoms with Crippen molar-refractivity contribution in [2.75, 3.05) is 5.32 Å². The number of benzene rings is 2. The van der Waals surface area contributed by atoms with Crippen LogP contribution in [0.1, 0.15) is 12.0 Å². The predicted octanol–water partition coefficient (Wildman–Crippen LogP) is 3.98. The summed E-state index contributed by atoms with van der Waals surface area (Å²) in [4.78, 5) is 24.0. The van der Waals surface area contributed by atoms with Crippen LogP contribution in [0.15, 0.2) is 77.7 Å². The summed E-state index contributed by atoms with van der Waals surface area (Å²) in [5.74, 6) is 1.10. The van der Waals surface area contributed by atoms with E-state index in [4.69, 9.17) is 4.74 Å². The fraction of sp³-hybridized carbons (Fsp3) is 0.143. The van der Waals surface area contributed by atoms with Gasteiger partial charge in [0.15, 0.2) is 5.75 Å². The maximum atomic E-state index is 12.3.